The molecule has 0 aromatic carbocycles. The highest BCUT2D eigenvalue weighted by Crippen LogP contribution is 2.29. The monoisotopic (exact) mass is 304 g/mol. The minimum Gasteiger partial charge on any atom is -0.480 e. The Morgan fingerprint density at radius 1 is 1.38 bits per heavy atom. The van der Waals surface area contributed by atoms with Crippen molar-refractivity contribution in [1.82, 2.24) is 19.9 Å². The lowest BCUT2D eigenvalue weighted by atomic mass is 10.3. The molecule has 2 heterocycles. The van der Waals surface area contributed by atoms with E-state index in [4.69, 9.17) is 5.11 Å². The number of carbonyl (C=O) groups excluding carboxylic acids is 1. The molecule has 1 N–H and O–H groups in total. The number of rotatable bonds is 5. The number of carbonyl (C=O) groups is 2. The quantitative estimate of drug-likeness (QED) is 0.894. The highest BCUT2D eigenvalue weighted by atomic mass is 32.1. The number of aliphatic carboxylic acids is 1. The second kappa shape index (κ2) is 5.57. The van der Waals surface area contributed by atoms with Crippen molar-refractivity contribution in [2.75, 3.05) is 6.54 Å². The summed E-state index contributed by atoms with van der Waals surface area (Å²) in [5, 5.41) is 11.1. The Morgan fingerprint density at radius 2 is 2.19 bits per heavy atom. The maximum Gasteiger partial charge on any atom is 0.323 e. The van der Waals surface area contributed by atoms with Crippen molar-refractivity contribution < 1.29 is 14.7 Å². The first kappa shape index (κ1) is 13.6. The van der Waals surface area contributed by atoms with Gasteiger partial charge >= 0.3 is 5.97 Å². The van der Waals surface area contributed by atoms with Gasteiger partial charge in [0, 0.05) is 23.8 Å². The molecule has 8 heteroatoms. The third-order valence-electron chi connectivity index (χ3n) is 3.06. The Balaban J connectivity index is 1.81. The van der Waals surface area contributed by atoms with Crippen molar-refractivity contribution in [2.24, 2.45) is 0 Å². The number of carboxylic acid groups (broad SMARTS) is 1. The minimum atomic E-state index is -1.01. The van der Waals surface area contributed by atoms with Gasteiger partial charge in [0.1, 0.15) is 22.9 Å². The van der Waals surface area contributed by atoms with E-state index in [0.29, 0.717) is 10.7 Å². The summed E-state index contributed by atoms with van der Waals surface area (Å²) in [5.74, 6) is -1.36. The molecule has 3 rings (SSSR count). The van der Waals surface area contributed by atoms with Crippen LogP contribution in [0.2, 0.25) is 0 Å². The zero-order valence-corrected chi connectivity index (χ0v) is 11.8. The molecule has 1 saturated carbocycles. The molecule has 21 heavy (non-hydrogen) atoms. The van der Waals surface area contributed by atoms with Crippen LogP contribution in [0.25, 0.3) is 10.7 Å². The molecule has 0 radical (unpaired) electrons. The summed E-state index contributed by atoms with van der Waals surface area (Å²) in [6.07, 6.45) is 6.38. The van der Waals surface area contributed by atoms with Crippen molar-refractivity contribution >= 4 is 23.2 Å². The van der Waals surface area contributed by atoms with E-state index >= 15 is 0 Å². The Labute approximate surface area is 124 Å². The summed E-state index contributed by atoms with van der Waals surface area (Å²) < 4.78 is 0. The van der Waals surface area contributed by atoms with Crippen molar-refractivity contribution in [3.05, 3.63) is 29.7 Å². The average Bonchev–Trinajstić information content (AvgIpc) is 3.21. The maximum absolute atomic E-state index is 12.4. The average molecular weight is 304 g/mol. The molecule has 0 aliphatic heterocycles. The van der Waals surface area contributed by atoms with Crippen LogP contribution in [0.3, 0.4) is 0 Å². The molecule has 0 bridgehead atoms. The van der Waals surface area contributed by atoms with E-state index in [9.17, 15) is 9.59 Å². The first-order valence-electron chi connectivity index (χ1n) is 6.40. The predicted octanol–water partition coefficient (Wildman–Crippen LogP) is 1.29. The van der Waals surface area contributed by atoms with Gasteiger partial charge in [0.2, 0.25) is 0 Å². The van der Waals surface area contributed by atoms with E-state index < -0.39 is 5.97 Å². The van der Waals surface area contributed by atoms with Crippen LogP contribution in [0.15, 0.2) is 24.0 Å². The van der Waals surface area contributed by atoms with Crippen LogP contribution in [0, 0.1) is 0 Å². The van der Waals surface area contributed by atoms with Gasteiger partial charge in [-0.1, -0.05) is 0 Å². The van der Waals surface area contributed by atoms with Crippen LogP contribution in [0.1, 0.15) is 23.3 Å². The summed E-state index contributed by atoms with van der Waals surface area (Å²) in [6.45, 7) is -0.290. The van der Waals surface area contributed by atoms with Crippen molar-refractivity contribution in [3.63, 3.8) is 0 Å². The lowest BCUT2D eigenvalue weighted by Crippen LogP contribution is -2.37. The van der Waals surface area contributed by atoms with Gasteiger partial charge in [-0.15, -0.1) is 11.3 Å². The maximum atomic E-state index is 12.4. The summed E-state index contributed by atoms with van der Waals surface area (Å²) in [5.41, 5.74) is 0.853. The Hall–Kier alpha value is -2.35. The Kier molecular flexibility index (Phi) is 3.61. The number of nitrogens with zero attached hydrogens (tertiary/aromatic N) is 4. The molecule has 1 fully saturated rings. The fourth-order valence-electron chi connectivity index (χ4n) is 1.94. The Bertz CT molecular complexity index is 669. The predicted molar refractivity (Wildman–Crippen MR) is 74.8 cm³/mol. The molecule has 0 unspecified atom stereocenters. The summed E-state index contributed by atoms with van der Waals surface area (Å²) in [4.78, 5) is 37.0. The van der Waals surface area contributed by atoms with E-state index in [-0.39, 0.29) is 24.2 Å². The highest BCUT2D eigenvalue weighted by molar-refractivity contribution is 7.13. The molecule has 0 atom stereocenters. The zero-order chi connectivity index (χ0) is 14.8. The first-order chi connectivity index (χ1) is 10.1. The molecule has 2 aromatic heterocycles. The van der Waals surface area contributed by atoms with Gasteiger partial charge in [0.25, 0.3) is 5.91 Å². The third-order valence-corrected chi connectivity index (χ3v) is 3.92. The van der Waals surface area contributed by atoms with Gasteiger partial charge < -0.3 is 10.0 Å². The van der Waals surface area contributed by atoms with Crippen LogP contribution in [-0.2, 0) is 4.79 Å². The number of hydrogen-bond donors (Lipinski definition) is 1. The van der Waals surface area contributed by atoms with Crippen molar-refractivity contribution in [2.45, 2.75) is 18.9 Å². The molecule has 108 valence electrons. The van der Waals surface area contributed by atoms with Gasteiger partial charge in [0.15, 0.2) is 0 Å². The van der Waals surface area contributed by atoms with Crippen molar-refractivity contribution in [1.29, 1.82) is 0 Å². The standard InChI is InChI=1S/C13H12N4O3S/c18-11(19)6-17(8-1-2-8)13(20)10-7-21-12(16-10)9-5-14-3-4-15-9/h3-5,7-8H,1-2,6H2,(H,18,19). The summed E-state index contributed by atoms with van der Waals surface area (Å²) in [6, 6.07) is 0.0234. The van der Waals surface area contributed by atoms with Crippen LogP contribution in [0.5, 0.6) is 0 Å². The zero-order valence-electron chi connectivity index (χ0n) is 11.0. The summed E-state index contributed by atoms with van der Waals surface area (Å²) in [7, 11) is 0. The van der Waals surface area contributed by atoms with Crippen LogP contribution in [0.4, 0.5) is 0 Å². The molecule has 0 saturated heterocycles. The van der Waals surface area contributed by atoms with E-state index in [1.807, 2.05) is 0 Å². The molecule has 1 aliphatic rings. The summed E-state index contributed by atoms with van der Waals surface area (Å²) >= 11 is 1.29. The van der Waals surface area contributed by atoms with Crippen molar-refractivity contribution in [3.8, 4) is 10.7 Å². The lowest BCUT2D eigenvalue weighted by molar-refractivity contribution is -0.137. The normalized spacial score (nSPS) is 13.9. The second-order valence-electron chi connectivity index (χ2n) is 4.69. The molecule has 1 aliphatic carbocycles. The SMILES string of the molecule is O=C(O)CN(C(=O)c1csc(-c2cnccn2)n1)C1CC1. The highest BCUT2D eigenvalue weighted by Gasteiger charge is 2.35. The van der Waals surface area contributed by atoms with Gasteiger partial charge in [-0.2, -0.15) is 0 Å². The largest absolute Gasteiger partial charge is 0.480 e. The molecule has 2 aromatic rings. The van der Waals surface area contributed by atoms with Gasteiger partial charge in [-0.3, -0.25) is 19.6 Å². The number of thiazole rings is 1. The van der Waals surface area contributed by atoms with Crippen LogP contribution in [-0.4, -0.2) is 49.4 Å². The smallest absolute Gasteiger partial charge is 0.323 e. The lowest BCUT2D eigenvalue weighted by Gasteiger charge is -2.18. The van der Waals surface area contributed by atoms with Gasteiger partial charge in [-0.05, 0) is 12.8 Å². The fraction of sp³-hybridized carbons (Fsp3) is 0.308. The Morgan fingerprint density at radius 3 is 2.81 bits per heavy atom. The van der Waals surface area contributed by atoms with Crippen LogP contribution >= 0.6 is 11.3 Å². The molecular weight excluding hydrogens is 292 g/mol. The number of hydrogen-bond acceptors (Lipinski definition) is 6. The number of aromatic nitrogens is 3. The van der Waals surface area contributed by atoms with E-state index in [1.165, 1.54) is 16.2 Å². The second-order valence-corrected chi connectivity index (χ2v) is 5.54. The van der Waals surface area contributed by atoms with Gasteiger partial charge in [-0.25, -0.2) is 4.98 Å². The van der Waals surface area contributed by atoms with Crippen LogP contribution < -0.4 is 0 Å². The minimum absolute atomic E-state index is 0.0234. The molecule has 7 nitrogen and oxygen atoms in total. The van der Waals surface area contributed by atoms with E-state index in [1.54, 1.807) is 24.0 Å². The number of amides is 1. The molecular formula is C13H12N4O3S. The topological polar surface area (TPSA) is 96.3 Å². The molecule has 1 amide bonds. The third kappa shape index (κ3) is 3.05. The first-order valence-corrected chi connectivity index (χ1v) is 7.28. The molecule has 0 spiro atoms. The van der Waals surface area contributed by atoms with E-state index in [2.05, 4.69) is 15.0 Å². The van der Waals surface area contributed by atoms with Gasteiger partial charge in [0.05, 0.1) is 6.20 Å². The van der Waals surface area contributed by atoms with E-state index in [0.717, 1.165) is 12.8 Å². The fourth-order valence-corrected chi connectivity index (χ4v) is 2.70. The number of carboxylic acids is 1.